The lowest BCUT2D eigenvalue weighted by molar-refractivity contribution is -0.131. The van der Waals surface area contributed by atoms with Crippen molar-refractivity contribution in [2.45, 2.75) is 19.6 Å². The second kappa shape index (κ2) is 12.8. The van der Waals surface area contributed by atoms with Crippen LogP contribution in [0, 0.1) is 11.8 Å². The monoisotopic (exact) mass is 628 g/mol. The molecule has 12 nitrogen and oxygen atoms in total. The lowest BCUT2D eigenvalue weighted by atomic mass is 10.0. The first-order chi connectivity index (χ1) is 21.3. The third-order valence-electron chi connectivity index (χ3n) is 7.98. The van der Waals surface area contributed by atoms with E-state index in [1.54, 1.807) is 19.4 Å². The summed E-state index contributed by atoms with van der Waals surface area (Å²) in [6, 6.07) is 5.81. The molecule has 0 spiro atoms. The Kier molecular flexibility index (Phi) is 8.73. The molecule has 5 heterocycles. The number of carbonyl (C=O) groups excluding carboxylic acids is 2. The van der Waals surface area contributed by atoms with Gasteiger partial charge in [0.2, 0.25) is 5.91 Å². The molecule has 6 rings (SSSR count). The molecule has 2 fully saturated rings. The lowest BCUT2D eigenvalue weighted by Gasteiger charge is -2.21. The van der Waals surface area contributed by atoms with Crippen LogP contribution >= 0.6 is 11.6 Å². The molecular weight excluding hydrogens is 598 g/mol. The van der Waals surface area contributed by atoms with Crippen molar-refractivity contribution in [1.29, 1.82) is 0 Å². The Morgan fingerprint density at radius 3 is 2.73 bits per heavy atom. The number of amides is 2. The number of nitrogens with zero attached hydrogens (tertiary/aromatic N) is 7. The number of anilines is 1. The number of alkyl halides is 2. The highest BCUT2D eigenvalue weighted by atomic mass is 35.5. The Balaban J connectivity index is 1.23. The van der Waals surface area contributed by atoms with Crippen LogP contribution in [0.15, 0.2) is 49.1 Å². The number of hydrogen-bond acceptors (Lipinski definition) is 8. The average Bonchev–Trinajstić information content (AvgIpc) is 3.76. The van der Waals surface area contributed by atoms with Crippen molar-refractivity contribution in [3.05, 3.63) is 59.6 Å². The zero-order valence-corrected chi connectivity index (χ0v) is 24.7. The van der Waals surface area contributed by atoms with Gasteiger partial charge in [0.1, 0.15) is 23.6 Å². The second-order valence-electron chi connectivity index (χ2n) is 10.9. The maximum absolute atomic E-state index is 13.4. The first kappa shape index (κ1) is 29.9. The SMILES string of the molecule is COCCCN1CC2CN(C(=O)Cn3cc(NC(=O)c4cnn5cccnc45)c(-c4cc(Cl)ccc4OC(F)F)n3)CC2C1. The maximum Gasteiger partial charge on any atom is 0.387 e. The molecule has 2 atom stereocenters. The van der Waals surface area contributed by atoms with E-state index < -0.39 is 12.5 Å². The highest BCUT2D eigenvalue weighted by Gasteiger charge is 2.41. The highest BCUT2D eigenvalue weighted by molar-refractivity contribution is 6.31. The average molecular weight is 629 g/mol. The minimum atomic E-state index is -3.10. The minimum Gasteiger partial charge on any atom is -0.434 e. The van der Waals surface area contributed by atoms with Crippen molar-refractivity contribution in [1.82, 2.24) is 34.2 Å². The smallest absolute Gasteiger partial charge is 0.387 e. The van der Waals surface area contributed by atoms with Gasteiger partial charge in [-0.15, -0.1) is 0 Å². The van der Waals surface area contributed by atoms with Crippen LogP contribution in [0.4, 0.5) is 14.5 Å². The summed E-state index contributed by atoms with van der Waals surface area (Å²) >= 11 is 6.22. The van der Waals surface area contributed by atoms with E-state index >= 15 is 0 Å². The van der Waals surface area contributed by atoms with E-state index in [1.165, 1.54) is 46.0 Å². The van der Waals surface area contributed by atoms with Crippen LogP contribution in [0.25, 0.3) is 16.9 Å². The molecule has 4 aromatic rings. The fraction of sp³-hybridized carbons (Fsp3) is 0.414. The summed E-state index contributed by atoms with van der Waals surface area (Å²) in [7, 11) is 1.70. The van der Waals surface area contributed by atoms with E-state index in [9.17, 15) is 18.4 Å². The second-order valence-corrected chi connectivity index (χ2v) is 11.4. The molecule has 0 radical (unpaired) electrons. The minimum absolute atomic E-state index is 0.107. The van der Waals surface area contributed by atoms with Gasteiger partial charge in [0.25, 0.3) is 5.91 Å². The van der Waals surface area contributed by atoms with Crippen LogP contribution in [-0.4, -0.2) is 99.0 Å². The van der Waals surface area contributed by atoms with Gasteiger partial charge >= 0.3 is 6.61 Å². The number of ether oxygens (including phenoxy) is 2. The fourth-order valence-electron chi connectivity index (χ4n) is 6.00. The molecule has 2 aliphatic heterocycles. The summed E-state index contributed by atoms with van der Waals surface area (Å²) in [5.74, 6) is -0.0450. The predicted molar refractivity (Wildman–Crippen MR) is 157 cm³/mol. The van der Waals surface area contributed by atoms with Crippen molar-refractivity contribution in [3.8, 4) is 17.0 Å². The summed E-state index contributed by atoms with van der Waals surface area (Å²) in [6.07, 6.45) is 7.03. The topological polar surface area (TPSA) is 119 Å². The summed E-state index contributed by atoms with van der Waals surface area (Å²) in [6.45, 7) is 1.70. The molecule has 3 aromatic heterocycles. The quantitative estimate of drug-likeness (QED) is 0.251. The van der Waals surface area contributed by atoms with Gasteiger partial charge < -0.3 is 24.6 Å². The van der Waals surface area contributed by atoms with Gasteiger partial charge in [-0.05, 0) is 42.5 Å². The van der Waals surface area contributed by atoms with Crippen LogP contribution in [0.2, 0.25) is 5.02 Å². The van der Waals surface area contributed by atoms with E-state index in [2.05, 4.69) is 25.4 Å². The largest absolute Gasteiger partial charge is 0.434 e. The van der Waals surface area contributed by atoms with Crippen LogP contribution in [0.5, 0.6) is 5.75 Å². The van der Waals surface area contributed by atoms with Gasteiger partial charge in [-0.25, -0.2) is 9.50 Å². The number of fused-ring (bicyclic) bond motifs is 2. The number of likely N-dealkylation sites (tertiary alicyclic amines) is 2. The van der Waals surface area contributed by atoms with E-state index in [0.29, 0.717) is 30.6 Å². The molecular formula is C29H31ClF2N8O4. The third-order valence-corrected chi connectivity index (χ3v) is 8.22. The molecule has 2 saturated heterocycles. The molecule has 0 saturated carbocycles. The van der Waals surface area contributed by atoms with Crippen molar-refractivity contribution in [2.75, 3.05) is 51.8 Å². The Bertz CT molecular complexity index is 1650. The molecule has 0 aliphatic carbocycles. The van der Waals surface area contributed by atoms with Crippen LogP contribution in [0.3, 0.4) is 0 Å². The van der Waals surface area contributed by atoms with Gasteiger partial charge in [-0.1, -0.05) is 11.6 Å². The highest BCUT2D eigenvalue weighted by Crippen LogP contribution is 2.37. The number of aromatic nitrogens is 5. The maximum atomic E-state index is 13.4. The number of hydrogen-bond donors (Lipinski definition) is 1. The Morgan fingerprint density at radius 1 is 1.18 bits per heavy atom. The van der Waals surface area contributed by atoms with Gasteiger partial charge in [-0.2, -0.15) is 19.0 Å². The summed E-state index contributed by atoms with van der Waals surface area (Å²) in [5, 5.41) is 11.7. The molecule has 2 aliphatic rings. The standard InChI is InChI=1S/C29H31ClF2N8O4/c1-43-9-3-7-37-12-18-14-38(15-19(18)13-37)25(41)17-39-16-23(35-28(42)22-11-34-40-8-2-6-33-27(22)40)26(36-39)21-10-20(30)4-5-24(21)44-29(31)32/h2,4-6,8,10-11,16,18-19,29H,3,7,9,12-15,17H2,1H3,(H,35,42). The Hall–Kier alpha value is -4.14. The Labute approximate surface area is 256 Å². The predicted octanol–water partition coefficient (Wildman–Crippen LogP) is 3.53. The van der Waals surface area contributed by atoms with Crippen molar-refractivity contribution >= 4 is 34.7 Å². The van der Waals surface area contributed by atoms with Gasteiger partial charge in [0.15, 0.2) is 5.65 Å². The molecule has 1 aromatic carbocycles. The van der Waals surface area contributed by atoms with Crippen molar-refractivity contribution < 1.29 is 27.8 Å². The Morgan fingerprint density at radius 2 is 1.98 bits per heavy atom. The molecule has 1 N–H and O–H groups in total. The van der Waals surface area contributed by atoms with E-state index in [-0.39, 0.29) is 45.7 Å². The number of benzene rings is 1. The van der Waals surface area contributed by atoms with E-state index in [4.69, 9.17) is 21.1 Å². The van der Waals surface area contributed by atoms with E-state index in [0.717, 1.165) is 32.7 Å². The van der Waals surface area contributed by atoms with Crippen molar-refractivity contribution in [2.24, 2.45) is 11.8 Å². The molecule has 2 amide bonds. The number of methoxy groups -OCH3 is 1. The number of rotatable bonds is 11. The fourth-order valence-corrected chi connectivity index (χ4v) is 6.18. The summed E-state index contributed by atoms with van der Waals surface area (Å²) in [4.78, 5) is 35.2. The normalized spacial score (nSPS) is 18.3. The number of nitrogens with one attached hydrogen (secondary N) is 1. The number of carbonyl (C=O) groups is 2. The zero-order valence-electron chi connectivity index (χ0n) is 23.9. The molecule has 0 bridgehead atoms. The van der Waals surface area contributed by atoms with Gasteiger partial charge in [0.05, 0.1) is 11.9 Å². The zero-order chi connectivity index (χ0) is 30.8. The first-order valence-electron chi connectivity index (χ1n) is 14.2. The molecule has 44 heavy (non-hydrogen) atoms. The van der Waals surface area contributed by atoms with Crippen LogP contribution in [0.1, 0.15) is 16.8 Å². The number of halogens is 3. The van der Waals surface area contributed by atoms with E-state index in [1.807, 2.05) is 4.90 Å². The summed E-state index contributed by atoms with van der Waals surface area (Å²) < 4.78 is 39.3. The molecule has 232 valence electrons. The third kappa shape index (κ3) is 6.37. The lowest BCUT2D eigenvalue weighted by Crippen LogP contribution is -2.35. The van der Waals surface area contributed by atoms with Gasteiger partial charge in [-0.3, -0.25) is 14.3 Å². The van der Waals surface area contributed by atoms with Gasteiger partial charge in [0, 0.05) is 75.6 Å². The molecule has 2 unspecified atom stereocenters. The summed E-state index contributed by atoms with van der Waals surface area (Å²) in [5.41, 5.74) is 0.926. The first-order valence-corrected chi connectivity index (χ1v) is 14.6. The molecule has 15 heteroatoms. The van der Waals surface area contributed by atoms with Crippen molar-refractivity contribution in [3.63, 3.8) is 0 Å². The van der Waals surface area contributed by atoms with Crippen LogP contribution < -0.4 is 10.1 Å². The van der Waals surface area contributed by atoms with Crippen LogP contribution in [-0.2, 0) is 16.1 Å².